The van der Waals surface area contributed by atoms with Crippen molar-refractivity contribution in [1.82, 2.24) is 9.78 Å². The van der Waals surface area contributed by atoms with E-state index >= 15 is 0 Å². The number of rotatable bonds is 1. The monoisotopic (exact) mass is 175 g/mol. The molecule has 0 bridgehead atoms. The number of nitrogens with two attached hydrogens (primary N) is 1. The van der Waals surface area contributed by atoms with Crippen molar-refractivity contribution < 1.29 is 4.74 Å². The predicted octanol–water partition coefficient (Wildman–Crippen LogP) is 0.197. The van der Waals surface area contributed by atoms with E-state index in [1.807, 2.05) is 10.7 Å². The third-order valence-electron chi connectivity index (χ3n) is 1.68. The zero-order valence-electron chi connectivity index (χ0n) is 5.93. The van der Waals surface area contributed by atoms with Crippen LogP contribution in [-0.4, -0.2) is 22.9 Å². The Morgan fingerprint density at radius 1 is 1.82 bits per heavy atom. The van der Waals surface area contributed by atoms with Gasteiger partial charge < -0.3 is 10.5 Å². The van der Waals surface area contributed by atoms with Crippen molar-refractivity contribution in [2.24, 2.45) is 5.73 Å². The van der Waals surface area contributed by atoms with Gasteiger partial charge in [-0.3, -0.25) is 0 Å². The van der Waals surface area contributed by atoms with Gasteiger partial charge in [-0.15, -0.1) is 12.4 Å². The van der Waals surface area contributed by atoms with E-state index in [1.54, 1.807) is 6.20 Å². The van der Waals surface area contributed by atoms with Gasteiger partial charge in [-0.25, -0.2) is 4.68 Å². The highest BCUT2D eigenvalue weighted by molar-refractivity contribution is 5.85. The van der Waals surface area contributed by atoms with Crippen LogP contribution < -0.4 is 10.5 Å². The molecule has 0 radical (unpaired) electrons. The molecular weight excluding hydrogens is 166 g/mol. The van der Waals surface area contributed by atoms with E-state index in [-0.39, 0.29) is 18.4 Å². The molecule has 0 spiro atoms. The lowest BCUT2D eigenvalue weighted by Crippen LogP contribution is -2.19. The lowest BCUT2D eigenvalue weighted by molar-refractivity contribution is 0.327. The first-order chi connectivity index (χ1) is 4.92. The molecule has 0 aliphatic carbocycles. The van der Waals surface area contributed by atoms with Crippen LogP contribution in [0.5, 0.6) is 5.88 Å². The van der Waals surface area contributed by atoms with Gasteiger partial charge in [-0.2, -0.15) is 5.10 Å². The summed E-state index contributed by atoms with van der Waals surface area (Å²) < 4.78 is 7.08. The Balaban J connectivity index is 0.000000605. The Morgan fingerprint density at radius 2 is 2.64 bits per heavy atom. The maximum atomic E-state index is 5.47. The quantitative estimate of drug-likeness (QED) is 0.664. The second-order valence-electron chi connectivity index (χ2n) is 2.31. The molecule has 2 rings (SSSR count). The molecule has 0 aromatic carbocycles. The molecule has 1 unspecified atom stereocenters. The summed E-state index contributed by atoms with van der Waals surface area (Å²) in [5, 5.41) is 4.06. The summed E-state index contributed by atoms with van der Waals surface area (Å²) in [7, 11) is 0. The average molecular weight is 176 g/mol. The summed E-state index contributed by atoms with van der Waals surface area (Å²) in [4.78, 5) is 0. The topological polar surface area (TPSA) is 53.1 Å². The fourth-order valence-electron chi connectivity index (χ4n) is 1.11. The molecule has 0 saturated heterocycles. The van der Waals surface area contributed by atoms with E-state index in [1.165, 1.54) is 0 Å². The number of halogens is 1. The van der Waals surface area contributed by atoms with E-state index < -0.39 is 0 Å². The van der Waals surface area contributed by atoms with Crippen LogP contribution in [0.25, 0.3) is 0 Å². The molecule has 1 aliphatic heterocycles. The summed E-state index contributed by atoms with van der Waals surface area (Å²) in [6.07, 6.45) is 1.72. The number of hydrogen-bond donors (Lipinski definition) is 1. The van der Waals surface area contributed by atoms with Gasteiger partial charge in [-0.1, -0.05) is 0 Å². The van der Waals surface area contributed by atoms with Gasteiger partial charge in [0.05, 0.1) is 6.20 Å². The molecule has 1 aromatic rings. The van der Waals surface area contributed by atoms with Crippen molar-refractivity contribution in [3.63, 3.8) is 0 Å². The van der Waals surface area contributed by atoms with E-state index in [4.69, 9.17) is 10.5 Å². The summed E-state index contributed by atoms with van der Waals surface area (Å²) in [5.74, 6) is 0.829. The highest BCUT2D eigenvalue weighted by Crippen LogP contribution is 2.22. The first-order valence-electron chi connectivity index (χ1n) is 3.28. The molecule has 2 heterocycles. The molecule has 62 valence electrons. The van der Waals surface area contributed by atoms with Crippen molar-refractivity contribution in [2.45, 2.75) is 6.04 Å². The molecule has 2 N–H and O–H groups in total. The minimum Gasteiger partial charge on any atom is -0.475 e. The number of ether oxygens (including phenoxy) is 1. The third kappa shape index (κ3) is 1.19. The normalized spacial score (nSPS) is 20.3. The van der Waals surface area contributed by atoms with Crippen LogP contribution in [-0.2, 0) is 0 Å². The Hall–Kier alpha value is -0.740. The Kier molecular flexibility index (Phi) is 2.36. The first kappa shape index (κ1) is 8.36. The van der Waals surface area contributed by atoms with Gasteiger partial charge in [0.1, 0.15) is 12.6 Å². The van der Waals surface area contributed by atoms with Crippen molar-refractivity contribution in [3.8, 4) is 5.88 Å². The number of fused-ring (bicyclic) bond motifs is 1. The van der Waals surface area contributed by atoms with E-state index in [9.17, 15) is 0 Å². The van der Waals surface area contributed by atoms with E-state index in [0.717, 1.165) is 5.88 Å². The highest BCUT2D eigenvalue weighted by atomic mass is 35.5. The van der Waals surface area contributed by atoms with Crippen LogP contribution in [0.3, 0.4) is 0 Å². The van der Waals surface area contributed by atoms with Crippen LogP contribution in [0.4, 0.5) is 0 Å². The molecule has 1 atom stereocenters. The van der Waals surface area contributed by atoms with Crippen LogP contribution in [0, 0.1) is 0 Å². The Morgan fingerprint density at radius 3 is 3.36 bits per heavy atom. The van der Waals surface area contributed by atoms with Gasteiger partial charge >= 0.3 is 0 Å². The van der Waals surface area contributed by atoms with Crippen molar-refractivity contribution >= 4 is 12.4 Å². The van der Waals surface area contributed by atoms with Gasteiger partial charge in [-0.05, 0) is 0 Å². The van der Waals surface area contributed by atoms with Gasteiger partial charge in [0.15, 0.2) is 0 Å². The smallest absolute Gasteiger partial charge is 0.212 e. The standard InChI is InChI=1S/C6H9N3O.ClH/c7-3-5-4-10-6-1-2-8-9(5)6;/h1-2,5H,3-4,7H2;1H. The summed E-state index contributed by atoms with van der Waals surface area (Å²) in [6, 6.07) is 2.08. The Labute approximate surface area is 70.7 Å². The molecule has 4 nitrogen and oxygen atoms in total. The van der Waals surface area contributed by atoms with E-state index in [0.29, 0.717) is 13.2 Å². The van der Waals surface area contributed by atoms with Gasteiger partial charge in [0.2, 0.25) is 5.88 Å². The molecular formula is C6H10ClN3O. The molecule has 1 aromatic heterocycles. The summed E-state index contributed by atoms with van der Waals surface area (Å²) in [5.41, 5.74) is 5.47. The van der Waals surface area contributed by atoms with Gasteiger partial charge in [0.25, 0.3) is 0 Å². The fourth-order valence-corrected chi connectivity index (χ4v) is 1.11. The molecule has 0 saturated carbocycles. The SMILES string of the molecule is Cl.NCC1COc2ccnn21. The summed E-state index contributed by atoms with van der Waals surface area (Å²) >= 11 is 0. The molecule has 0 fully saturated rings. The predicted molar refractivity (Wildman–Crippen MR) is 43.1 cm³/mol. The van der Waals surface area contributed by atoms with Crippen LogP contribution in [0.2, 0.25) is 0 Å². The lowest BCUT2D eigenvalue weighted by Gasteiger charge is -2.02. The zero-order chi connectivity index (χ0) is 6.97. The molecule has 5 heteroatoms. The number of aromatic nitrogens is 2. The zero-order valence-corrected chi connectivity index (χ0v) is 6.75. The number of hydrogen-bond acceptors (Lipinski definition) is 3. The largest absolute Gasteiger partial charge is 0.475 e. The summed E-state index contributed by atoms with van der Waals surface area (Å²) in [6.45, 7) is 1.26. The maximum Gasteiger partial charge on any atom is 0.212 e. The molecule has 0 amide bonds. The Bertz CT molecular complexity index is 237. The van der Waals surface area contributed by atoms with Crippen LogP contribution in [0.15, 0.2) is 12.3 Å². The third-order valence-corrected chi connectivity index (χ3v) is 1.68. The van der Waals surface area contributed by atoms with Crippen molar-refractivity contribution in [1.29, 1.82) is 0 Å². The highest BCUT2D eigenvalue weighted by Gasteiger charge is 2.21. The lowest BCUT2D eigenvalue weighted by atomic mass is 10.3. The fraction of sp³-hybridized carbons (Fsp3) is 0.500. The minimum absolute atomic E-state index is 0. The second kappa shape index (κ2) is 3.11. The van der Waals surface area contributed by atoms with Crippen LogP contribution >= 0.6 is 12.4 Å². The van der Waals surface area contributed by atoms with Crippen molar-refractivity contribution in [3.05, 3.63) is 12.3 Å². The molecule has 11 heavy (non-hydrogen) atoms. The maximum absolute atomic E-state index is 5.47. The first-order valence-corrected chi connectivity index (χ1v) is 3.28. The minimum atomic E-state index is 0. The second-order valence-corrected chi connectivity index (χ2v) is 2.31. The van der Waals surface area contributed by atoms with E-state index in [2.05, 4.69) is 5.10 Å². The average Bonchev–Trinajstić information content (AvgIpc) is 2.44. The van der Waals surface area contributed by atoms with Crippen molar-refractivity contribution in [2.75, 3.05) is 13.2 Å². The number of nitrogens with zero attached hydrogens (tertiary/aromatic N) is 2. The van der Waals surface area contributed by atoms with Crippen LogP contribution in [0.1, 0.15) is 6.04 Å². The molecule has 1 aliphatic rings. The van der Waals surface area contributed by atoms with Gasteiger partial charge in [0, 0.05) is 12.6 Å².